The van der Waals surface area contributed by atoms with Gasteiger partial charge in [-0.25, -0.2) is 4.79 Å². The van der Waals surface area contributed by atoms with Crippen LogP contribution in [0, 0.1) is 0 Å². The van der Waals surface area contributed by atoms with Gasteiger partial charge in [0.2, 0.25) is 0 Å². The molecule has 1 aromatic carbocycles. The van der Waals surface area contributed by atoms with E-state index in [1.54, 1.807) is 13.2 Å². The molecule has 0 unspecified atom stereocenters. The molecule has 0 N–H and O–H groups in total. The van der Waals surface area contributed by atoms with E-state index in [1.165, 1.54) is 11.3 Å². The van der Waals surface area contributed by atoms with Crippen molar-refractivity contribution in [3.63, 3.8) is 0 Å². The first kappa shape index (κ1) is 13.1. The minimum absolute atomic E-state index is 0.194. The minimum atomic E-state index is -0.313. The largest absolute Gasteiger partial charge is 0.496 e. The minimum Gasteiger partial charge on any atom is -0.496 e. The van der Waals surface area contributed by atoms with Crippen LogP contribution in [-0.2, 0) is 11.3 Å². The van der Waals surface area contributed by atoms with Crippen LogP contribution in [0.25, 0.3) is 0 Å². The molecular weight excluding hydrogens is 316 g/mol. The third-order valence-electron chi connectivity index (χ3n) is 2.32. The SMILES string of the molecule is COc1ccc(Br)cc1COC(=O)c1cccs1. The molecule has 0 aliphatic rings. The zero-order chi connectivity index (χ0) is 13.0. The van der Waals surface area contributed by atoms with Gasteiger partial charge in [0.25, 0.3) is 0 Å². The van der Waals surface area contributed by atoms with Gasteiger partial charge in [0.1, 0.15) is 17.2 Å². The van der Waals surface area contributed by atoms with Crippen LogP contribution in [0.15, 0.2) is 40.2 Å². The van der Waals surface area contributed by atoms with Gasteiger partial charge >= 0.3 is 5.97 Å². The van der Waals surface area contributed by atoms with Crippen LogP contribution in [0.5, 0.6) is 5.75 Å². The average Bonchev–Trinajstić information content (AvgIpc) is 2.90. The molecular formula is C13H11BrO3S. The molecule has 2 rings (SSSR count). The van der Waals surface area contributed by atoms with Crippen molar-refractivity contribution < 1.29 is 14.3 Å². The van der Waals surface area contributed by atoms with E-state index < -0.39 is 0 Å². The lowest BCUT2D eigenvalue weighted by atomic mass is 10.2. The lowest BCUT2D eigenvalue weighted by Crippen LogP contribution is -2.04. The van der Waals surface area contributed by atoms with E-state index in [0.717, 1.165) is 10.0 Å². The molecule has 94 valence electrons. The van der Waals surface area contributed by atoms with Crippen LogP contribution < -0.4 is 4.74 Å². The van der Waals surface area contributed by atoms with Gasteiger partial charge in [0.15, 0.2) is 0 Å². The van der Waals surface area contributed by atoms with E-state index in [2.05, 4.69) is 15.9 Å². The third-order valence-corrected chi connectivity index (χ3v) is 3.67. The molecule has 0 saturated carbocycles. The van der Waals surface area contributed by atoms with Crippen molar-refractivity contribution in [2.75, 3.05) is 7.11 Å². The Hall–Kier alpha value is -1.33. The normalized spacial score (nSPS) is 10.1. The number of carbonyl (C=O) groups excluding carboxylic acids is 1. The van der Waals surface area contributed by atoms with Crippen LogP contribution >= 0.6 is 27.3 Å². The second-order valence-electron chi connectivity index (χ2n) is 3.51. The molecule has 1 aromatic heterocycles. The van der Waals surface area contributed by atoms with E-state index in [1.807, 2.05) is 29.6 Å². The fourth-order valence-corrected chi connectivity index (χ4v) is 2.49. The molecule has 18 heavy (non-hydrogen) atoms. The molecule has 0 bridgehead atoms. The van der Waals surface area contributed by atoms with E-state index >= 15 is 0 Å². The molecule has 0 amide bonds. The predicted molar refractivity (Wildman–Crippen MR) is 74.1 cm³/mol. The van der Waals surface area contributed by atoms with Gasteiger partial charge < -0.3 is 9.47 Å². The molecule has 2 aromatic rings. The van der Waals surface area contributed by atoms with Gasteiger partial charge in [-0.3, -0.25) is 0 Å². The van der Waals surface area contributed by atoms with Crippen molar-refractivity contribution in [3.05, 3.63) is 50.6 Å². The quantitative estimate of drug-likeness (QED) is 0.800. The first-order valence-electron chi connectivity index (χ1n) is 5.24. The Labute approximate surface area is 117 Å². The number of carbonyl (C=O) groups is 1. The molecule has 3 nitrogen and oxygen atoms in total. The number of esters is 1. The number of benzene rings is 1. The van der Waals surface area contributed by atoms with Crippen molar-refractivity contribution in [3.8, 4) is 5.75 Å². The second-order valence-corrected chi connectivity index (χ2v) is 5.37. The average molecular weight is 327 g/mol. The van der Waals surface area contributed by atoms with Crippen LogP contribution in [0.2, 0.25) is 0 Å². The summed E-state index contributed by atoms with van der Waals surface area (Å²) in [6.45, 7) is 0.194. The Kier molecular flexibility index (Phi) is 4.38. The maximum Gasteiger partial charge on any atom is 0.348 e. The lowest BCUT2D eigenvalue weighted by molar-refractivity contribution is 0.0476. The van der Waals surface area contributed by atoms with Gasteiger partial charge in [-0.2, -0.15) is 0 Å². The Morgan fingerprint density at radius 1 is 1.39 bits per heavy atom. The van der Waals surface area contributed by atoms with Crippen molar-refractivity contribution in [2.45, 2.75) is 6.61 Å². The molecule has 0 spiro atoms. The van der Waals surface area contributed by atoms with Gasteiger partial charge in [-0.05, 0) is 29.6 Å². The summed E-state index contributed by atoms with van der Waals surface area (Å²) in [5, 5.41) is 1.84. The Bertz CT molecular complexity index is 537. The molecule has 0 atom stereocenters. The van der Waals surface area contributed by atoms with Crippen molar-refractivity contribution in [2.24, 2.45) is 0 Å². The van der Waals surface area contributed by atoms with Crippen LogP contribution in [0.4, 0.5) is 0 Å². The number of hydrogen-bond donors (Lipinski definition) is 0. The molecule has 1 heterocycles. The summed E-state index contributed by atoms with van der Waals surface area (Å²) < 4.78 is 11.4. The molecule has 5 heteroatoms. The Balaban J connectivity index is 2.06. The summed E-state index contributed by atoms with van der Waals surface area (Å²) in [5.41, 5.74) is 0.830. The second kappa shape index (κ2) is 6.02. The van der Waals surface area contributed by atoms with E-state index in [4.69, 9.17) is 9.47 Å². The zero-order valence-corrected chi connectivity index (χ0v) is 12.1. The lowest BCUT2D eigenvalue weighted by Gasteiger charge is -2.09. The molecule has 0 aliphatic heterocycles. The summed E-state index contributed by atoms with van der Waals surface area (Å²) in [4.78, 5) is 12.3. The Morgan fingerprint density at radius 3 is 2.89 bits per heavy atom. The van der Waals surface area contributed by atoms with Crippen molar-refractivity contribution in [1.82, 2.24) is 0 Å². The van der Waals surface area contributed by atoms with Gasteiger partial charge in [-0.1, -0.05) is 22.0 Å². The number of hydrogen-bond acceptors (Lipinski definition) is 4. The monoisotopic (exact) mass is 326 g/mol. The van der Waals surface area contributed by atoms with Crippen molar-refractivity contribution in [1.29, 1.82) is 0 Å². The predicted octanol–water partition coefficient (Wildman–Crippen LogP) is 3.88. The van der Waals surface area contributed by atoms with E-state index in [9.17, 15) is 4.79 Å². The highest BCUT2D eigenvalue weighted by molar-refractivity contribution is 9.10. The number of ether oxygens (including phenoxy) is 2. The number of methoxy groups -OCH3 is 1. The third kappa shape index (κ3) is 3.11. The van der Waals surface area contributed by atoms with Crippen molar-refractivity contribution >= 4 is 33.2 Å². The summed E-state index contributed by atoms with van der Waals surface area (Å²) in [6.07, 6.45) is 0. The first-order chi connectivity index (χ1) is 8.70. The van der Waals surface area contributed by atoms with E-state index in [-0.39, 0.29) is 12.6 Å². The smallest absolute Gasteiger partial charge is 0.348 e. The number of rotatable bonds is 4. The standard InChI is InChI=1S/C13H11BrO3S/c1-16-11-5-4-10(14)7-9(11)8-17-13(15)12-3-2-6-18-12/h2-7H,8H2,1H3. The van der Waals surface area contributed by atoms with Gasteiger partial charge in [0, 0.05) is 10.0 Å². The fourth-order valence-electron chi connectivity index (χ4n) is 1.47. The zero-order valence-electron chi connectivity index (χ0n) is 9.68. The summed E-state index contributed by atoms with van der Waals surface area (Å²) >= 11 is 4.74. The van der Waals surface area contributed by atoms with Crippen LogP contribution in [-0.4, -0.2) is 13.1 Å². The number of halogens is 1. The highest BCUT2D eigenvalue weighted by atomic mass is 79.9. The summed E-state index contributed by atoms with van der Waals surface area (Å²) in [7, 11) is 1.59. The van der Waals surface area contributed by atoms with Crippen LogP contribution in [0.1, 0.15) is 15.2 Å². The first-order valence-corrected chi connectivity index (χ1v) is 6.91. The molecule has 0 saturated heterocycles. The highest BCUT2D eigenvalue weighted by Crippen LogP contribution is 2.24. The molecule has 0 fully saturated rings. The van der Waals surface area contributed by atoms with Gasteiger partial charge in [0.05, 0.1) is 7.11 Å². The summed E-state index contributed by atoms with van der Waals surface area (Å²) in [6, 6.07) is 9.15. The number of thiophene rings is 1. The molecule has 0 aliphatic carbocycles. The Morgan fingerprint density at radius 2 is 2.22 bits per heavy atom. The van der Waals surface area contributed by atoms with E-state index in [0.29, 0.717) is 10.6 Å². The fraction of sp³-hybridized carbons (Fsp3) is 0.154. The molecule has 0 radical (unpaired) electrons. The summed E-state index contributed by atoms with van der Waals surface area (Å²) in [5.74, 6) is 0.393. The van der Waals surface area contributed by atoms with Gasteiger partial charge in [-0.15, -0.1) is 11.3 Å². The maximum absolute atomic E-state index is 11.7. The topological polar surface area (TPSA) is 35.5 Å². The maximum atomic E-state index is 11.7. The highest BCUT2D eigenvalue weighted by Gasteiger charge is 2.10. The van der Waals surface area contributed by atoms with Crippen LogP contribution in [0.3, 0.4) is 0 Å².